The number of halogens is 1. The number of nitrogens with zero attached hydrogens (tertiary/aromatic N) is 4. The SMILES string of the molecule is CCn1cnnc1CNC(=O)c1ccnc(NC)c1F. The number of carbonyl (C=O) groups excluding carboxylic acids is 1. The number of hydrogen-bond donors (Lipinski definition) is 2. The van der Waals surface area contributed by atoms with Crippen LogP contribution in [0.2, 0.25) is 0 Å². The van der Waals surface area contributed by atoms with Crippen LogP contribution in [0.15, 0.2) is 18.6 Å². The molecule has 0 saturated carbocycles. The topological polar surface area (TPSA) is 84.7 Å². The highest BCUT2D eigenvalue weighted by atomic mass is 19.1. The number of aryl methyl sites for hydroxylation is 1. The van der Waals surface area contributed by atoms with Crippen LogP contribution in [0, 0.1) is 5.82 Å². The van der Waals surface area contributed by atoms with Crippen molar-refractivity contribution >= 4 is 11.7 Å². The summed E-state index contributed by atoms with van der Waals surface area (Å²) < 4.78 is 15.7. The van der Waals surface area contributed by atoms with Gasteiger partial charge in [-0.25, -0.2) is 9.37 Å². The molecule has 2 aromatic rings. The summed E-state index contributed by atoms with van der Waals surface area (Å²) >= 11 is 0. The third kappa shape index (κ3) is 2.73. The van der Waals surface area contributed by atoms with Crippen molar-refractivity contribution in [2.24, 2.45) is 0 Å². The molecule has 1 amide bonds. The van der Waals surface area contributed by atoms with E-state index in [2.05, 4.69) is 25.8 Å². The van der Waals surface area contributed by atoms with Gasteiger partial charge in [0.1, 0.15) is 6.33 Å². The largest absolute Gasteiger partial charge is 0.371 e. The predicted molar refractivity (Wildman–Crippen MR) is 70.6 cm³/mol. The van der Waals surface area contributed by atoms with Gasteiger partial charge in [-0.1, -0.05) is 0 Å². The first-order valence-corrected chi connectivity index (χ1v) is 6.14. The molecular weight excluding hydrogens is 263 g/mol. The molecule has 0 aromatic carbocycles. The molecule has 0 aliphatic rings. The molecule has 0 bridgehead atoms. The fourth-order valence-corrected chi connectivity index (χ4v) is 1.73. The number of amides is 1. The molecule has 0 unspecified atom stereocenters. The Balaban J connectivity index is 2.09. The molecule has 0 atom stereocenters. The zero-order valence-electron chi connectivity index (χ0n) is 11.2. The summed E-state index contributed by atoms with van der Waals surface area (Å²) in [6.45, 7) is 2.82. The highest BCUT2D eigenvalue weighted by molar-refractivity contribution is 5.95. The summed E-state index contributed by atoms with van der Waals surface area (Å²) in [5, 5.41) is 12.8. The number of pyridine rings is 1. The van der Waals surface area contributed by atoms with Crippen LogP contribution in [-0.4, -0.2) is 32.7 Å². The lowest BCUT2D eigenvalue weighted by molar-refractivity contribution is 0.0945. The normalized spacial score (nSPS) is 10.3. The zero-order chi connectivity index (χ0) is 14.5. The van der Waals surface area contributed by atoms with E-state index in [1.807, 2.05) is 6.92 Å². The fraction of sp³-hybridized carbons (Fsp3) is 0.333. The van der Waals surface area contributed by atoms with Gasteiger partial charge in [-0.15, -0.1) is 10.2 Å². The van der Waals surface area contributed by atoms with Crippen LogP contribution >= 0.6 is 0 Å². The van der Waals surface area contributed by atoms with E-state index in [0.717, 1.165) is 0 Å². The third-order valence-corrected chi connectivity index (χ3v) is 2.81. The summed E-state index contributed by atoms with van der Waals surface area (Å²) in [5.74, 6) is -0.546. The van der Waals surface area contributed by atoms with Crippen molar-refractivity contribution in [1.29, 1.82) is 0 Å². The van der Waals surface area contributed by atoms with Gasteiger partial charge < -0.3 is 15.2 Å². The Morgan fingerprint density at radius 1 is 1.50 bits per heavy atom. The summed E-state index contributed by atoms with van der Waals surface area (Å²) in [6.07, 6.45) is 2.95. The summed E-state index contributed by atoms with van der Waals surface area (Å²) in [7, 11) is 1.54. The van der Waals surface area contributed by atoms with Crippen LogP contribution in [0.4, 0.5) is 10.2 Å². The average molecular weight is 278 g/mol. The first-order valence-electron chi connectivity index (χ1n) is 6.14. The monoisotopic (exact) mass is 278 g/mol. The molecule has 2 rings (SSSR count). The maximum absolute atomic E-state index is 13.9. The minimum atomic E-state index is -0.676. The molecule has 2 N–H and O–H groups in total. The number of nitrogens with one attached hydrogen (secondary N) is 2. The first kappa shape index (κ1) is 13.9. The van der Waals surface area contributed by atoms with Crippen LogP contribution in [0.3, 0.4) is 0 Å². The molecule has 2 heterocycles. The van der Waals surface area contributed by atoms with Crippen molar-refractivity contribution in [2.75, 3.05) is 12.4 Å². The lowest BCUT2D eigenvalue weighted by atomic mass is 10.2. The number of aromatic nitrogens is 4. The number of carbonyl (C=O) groups is 1. The van der Waals surface area contributed by atoms with Crippen LogP contribution in [0.1, 0.15) is 23.1 Å². The molecule has 0 aliphatic heterocycles. The van der Waals surface area contributed by atoms with Crippen LogP contribution in [0.5, 0.6) is 0 Å². The van der Waals surface area contributed by atoms with E-state index in [1.165, 1.54) is 19.3 Å². The van der Waals surface area contributed by atoms with Crippen LogP contribution in [0.25, 0.3) is 0 Å². The first-order chi connectivity index (χ1) is 9.67. The van der Waals surface area contributed by atoms with Gasteiger partial charge in [-0.3, -0.25) is 4.79 Å². The van der Waals surface area contributed by atoms with E-state index in [9.17, 15) is 9.18 Å². The lowest BCUT2D eigenvalue weighted by Crippen LogP contribution is -2.26. The number of anilines is 1. The van der Waals surface area contributed by atoms with Crippen molar-refractivity contribution in [3.05, 3.63) is 35.8 Å². The molecule has 8 heteroatoms. The molecule has 0 saturated heterocycles. The summed E-state index contributed by atoms with van der Waals surface area (Å²) in [4.78, 5) is 15.7. The van der Waals surface area contributed by atoms with Crippen LogP contribution < -0.4 is 10.6 Å². The van der Waals surface area contributed by atoms with E-state index in [0.29, 0.717) is 12.4 Å². The Labute approximate surface area is 115 Å². The van der Waals surface area contributed by atoms with E-state index < -0.39 is 11.7 Å². The van der Waals surface area contributed by atoms with Gasteiger partial charge in [0.25, 0.3) is 5.91 Å². The number of hydrogen-bond acceptors (Lipinski definition) is 5. The van der Waals surface area contributed by atoms with Gasteiger partial charge in [-0.05, 0) is 13.0 Å². The lowest BCUT2D eigenvalue weighted by Gasteiger charge is -2.08. The third-order valence-electron chi connectivity index (χ3n) is 2.81. The van der Waals surface area contributed by atoms with Crippen molar-refractivity contribution in [2.45, 2.75) is 20.0 Å². The smallest absolute Gasteiger partial charge is 0.254 e. The Morgan fingerprint density at radius 2 is 2.30 bits per heavy atom. The highest BCUT2D eigenvalue weighted by Gasteiger charge is 2.15. The number of rotatable bonds is 5. The standard InChI is InChI=1S/C12H15FN6O/c1-3-19-7-17-18-9(19)6-16-12(20)8-4-5-15-11(14-2)10(8)13/h4-5,7H,3,6H2,1-2H3,(H,14,15)(H,16,20). The van der Waals surface area contributed by atoms with E-state index >= 15 is 0 Å². The van der Waals surface area contributed by atoms with E-state index in [4.69, 9.17) is 0 Å². The quantitative estimate of drug-likeness (QED) is 0.845. The Hall–Kier alpha value is -2.51. The van der Waals surface area contributed by atoms with Crippen LogP contribution in [-0.2, 0) is 13.1 Å². The van der Waals surface area contributed by atoms with Gasteiger partial charge in [0, 0.05) is 19.8 Å². The maximum atomic E-state index is 13.9. The minimum Gasteiger partial charge on any atom is -0.371 e. The molecule has 7 nitrogen and oxygen atoms in total. The molecule has 20 heavy (non-hydrogen) atoms. The molecule has 0 fully saturated rings. The molecular formula is C12H15FN6O. The Bertz CT molecular complexity index is 612. The zero-order valence-corrected chi connectivity index (χ0v) is 11.2. The van der Waals surface area contributed by atoms with E-state index in [-0.39, 0.29) is 17.9 Å². The molecule has 0 spiro atoms. The average Bonchev–Trinajstić information content (AvgIpc) is 2.92. The van der Waals surface area contributed by atoms with Crippen molar-refractivity contribution in [3.63, 3.8) is 0 Å². The molecule has 0 radical (unpaired) electrons. The van der Waals surface area contributed by atoms with Crippen molar-refractivity contribution in [1.82, 2.24) is 25.1 Å². The minimum absolute atomic E-state index is 0.0365. The second kappa shape index (κ2) is 6.09. The van der Waals surface area contributed by atoms with Crippen molar-refractivity contribution < 1.29 is 9.18 Å². The Morgan fingerprint density at radius 3 is 3.00 bits per heavy atom. The van der Waals surface area contributed by atoms with Crippen molar-refractivity contribution in [3.8, 4) is 0 Å². The van der Waals surface area contributed by atoms with Gasteiger partial charge >= 0.3 is 0 Å². The highest BCUT2D eigenvalue weighted by Crippen LogP contribution is 2.14. The molecule has 0 aliphatic carbocycles. The summed E-state index contributed by atoms with van der Waals surface area (Å²) in [5.41, 5.74) is -0.0630. The van der Waals surface area contributed by atoms with Gasteiger partial charge in [0.2, 0.25) is 0 Å². The maximum Gasteiger partial charge on any atom is 0.254 e. The predicted octanol–water partition coefficient (Wildman–Crippen LogP) is 0.804. The van der Waals surface area contributed by atoms with Gasteiger partial charge in [0.05, 0.1) is 12.1 Å². The Kier molecular flexibility index (Phi) is 4.24. The van der Waals surface area contributed by atoms with Gasteiger partial charge in [-0.2, -0.15) is 0 Å². The second-order valence-electron chi connectivity index (χ2n) is 3.99. The van der Waals surface area contributed by atoms with Gasteiger partial charge in [0.15, 0.2) is 17.5 Å². The second-order valence-corrected chi connectivity index (χ2v) is 3.99. The fourth-order valence-electron chi connectivity index (χ4n) is 1.73. The molecule has 2 aromatic heterocycles. The summed E-state index contributed by atoms with van der Waals surface area (Å²) in [6, 6.07) is 1.33. The van der Waals surface area contributed by atoms with E-state index in [1.54, 1.807) is 10.9 Å². The molecule has 106 valence electrons.